The van der Waals surface area contributed by atoms with E-state index in [9.17, 15) is 13.2 Å². The second-order valence-electron chi connectivity index (χ2n) is 9.43. The lowest BCUT2D eigenvalue weighted by atomic mass is 9.84. The number of benzene rings is 4. The minimum atomic E-state index is -3.91. The van der Waals surface area contributed by atoms with Crippen molar-refractivity contribution >= 4 is 61.1 Å². The standard InChI is InChI=1S/C30H28N6O3S3/c1-36(20-27(37)33-24-17-18-25-26(19-24)40-29(34-25)42(32,38)39)28(31)35-41-30(21-11-5-2-6-12-21,22-13-7-3-8-14-22)23-15-9-4-10-16-23/h2-19H,20H2,1H3,(H2,31,35)(H,33,37)(H2,32,38,39). The van der Waals surface area contributed by atoms with Gasteiger partial charge in [-0.2, -0.15) is 4.40 Å². The third-order valence-corrected chi connectivity index (χ3v) is 10.1. The van der Waals surface area contributed by atoms with Crippen LogP contribution in [0.3, 0.4) is 0 Å². The van der Waals surface area contributed by atoms with E-state index in [-0.39, 0.29) is 22.8 Å². The Morgan fingerprint density at radius 2 is 1.45 bits per heavy atom. The second-order valence-corrected chi connectivity index (χ2v) is 13.2. The van der Waals surface area contributed by atoms with E-state index in [1.165, 1.54) is 11.9 Å². The molecule has 5 rings (SSSR count). The van der Waals surface area contributed by atoms with Crippen LogP contribution >= 0.6 is 23.3 Å². The number of anilines is 1. The van der Waals surface area contributed by atoms with Crippen LogP contribution in [0.1, 0.15) is 16.7 Å². The molecule has 0 atom stereocenters. The number of primary sulfonamides is 1. The maximum atomic E-state index is 12.9. The first-order valence-corrected chi connectivity index (χ1v) is 15.9. The highest BCUT2D eigenvalue weighted by atomic mass is 32.2. The lowest BCUT2D eigenvalue weighted by molar-refractivity contribution is -0.116. The van der Waals surface area contributed by atoms with E-state index >= 15 is 0 Å². The van der Waals surface area contributed by atoms with Crippen molar-refractivity contribution in [2.45, 2.75) is 9.09 Å². The van der Waals surface area contributed by atoms with Crippen LogP contribution in [0.2, 0.25) is 0 Å². The second kappa shape index (κ2) is 12.3. The number of sulfonamides is 1. The van der Waals surface area contributed by atoms with E-state index < -0.39 is 14.8 Å². The number of likely N-dealkylation sites (N-methyl/N-ethyl adjacent to an activating group) is 1. The van der Waals surface area contributed by atoms with Gasteiger partial charge in [-0.25, -0.2) is 18.5 Å². The number of carbonyl (C=O) groups is 1. The molecule has 42 heavy (non-hydrogen) atoms. The number of fused-ring (bicyclic) bond motifs is 1. The van der Waals surface area contributed by atoms with Crippen LogP contribution in [0, 0.1) is 0 Å². The largest absolute Gasteiger partial charge is 0.369 e. The molecule has 0 saturated carbocycles. The molecule has 0 aliphatic heterocycles. The fourth-order valence-electron chi connectivity index (χ4n) is 4.46. The van der Waals surface area contributed by atoms with Gasteiger partial charge in [0.1, 0.15) is 4.75 Å². The third-order valence-electron chi connectivity index (χ3n) is 6.48. The van der Waals surface area contributed by atoms with E-state index in [0.29, 0.717) is 15.9 Å². The smallest absolute Gasteiger partial charge is 0.265 e. The van der Waals surface area contributed by atoms with Crippen molar-refractivity contribution in [3.05, 3.63) is 126 Å². The summed E-state index contributed by atoms with van der Waals surface area (Å²) in [6.45, 7) is -0.0614. The van der Waals surface area contributed by atoms with Gasteiger partial charge in [0.2, 0.25) is 16.2 Å². The summed E-state index contributed by atoms with van der Waals surface area (Å²) in [5.74, 6) is -0.144. The first-order valence-electron chi connectivity index (χ1n) is 12.8. The fourth-order valence-corrected chi connectivity index (χ4v) is 7.25. The number of nitrogens with two attached hydrogens (primary N) is 2. The predicted molar refractivity (Wildman–Crippen MR) is 171 cm³/mol. The molecule has 0 bridgehead atoms. The molecule has 0 aliphatic carbocycles. The van der Waals surface area contributed by atoms with Gasteiger partial charge >= 0.3 is 0 Å². The van der Waals surface area contributed by atoms with Gasteiger partial charge in [-0.1, -0.05) is 91.0 Å². The molecule has 1 heterocycles. The highest BCUT2D eigenvalue weighted by molar-refractivity contribution is 7.99. The Labute approximate surface area is 252 Å². The lowest BCUT2D eigenvalue weighted by Gasteiger charge is -2.33. The first kappa shape index (κ1) is 29.3. The zero-order valence-electron chi connectivity index (χ0n) is 22.5. The number of hydrogen-bond acceptors (Lipinski definition) is 7. The van der Waals surface area contributed by atoms with Crippen molar-refractivity contribution in [2.75, 3.05) is 18.9 Å². The molecule has 0 unspecified atom stereocenters. The Morgan fingerprint density at radius 3 is 1.95 bits per heavy atom. The number of amides is 1. The summed E-state index contributed by atoms with van der Waals surface area (Å²) in [7, 11) is -2.22. The molecule has 1 aromatic heterocycles. The molecule has 1 amide bonds. The minimum absolute atomic E-state index is 0.0614. The van der Waals surface area contributed by atoms with E-state index in [0.717, 1.165) is 28.0 Å². The number of nitrogens with one attached hydrogen (secondary N) is 1. The zero-order chi connectivity index (χ0) is 29.7. The Bertz CT molecular complexity index is 1730. The van der Waals surface area contributed by atoms with Crippen molar-refractivity contribution < 1.29 is 13.2 Å². The van der Waals surface area contributed by atoms with E-state index in [4.69, 9.17) is 15.3 Å². The highest BCUT2D eigenvalue weighted by Crippen LogP contribution is 2.49. The van der Waals surface area contributed by atoms with Gasteiger partial charge in [-0.15, -0.1) is 11.3 Å². The maximum absolute atomic E-state index is 12.9. The number of nitrogens with zero attached hydrogens (tertiary/aromatic N) is 3. The zero-order valence-corrected chi connectivity index (χ0v) is 25.0. The molecule has 5 N–H and O–H groups in total. The number of rotatable bonds is 9. The summed E-state index contributed by atoms with van der Waals surface area (Å²) in [5, 5.41) is 8.01. The Balaban J connectivity index is 1.38. The summed E-state index contributed by atoms with van der Waals surface area (Å²) >= 11 is 2.27. The average molecular weight is 617 g/mol. The highest BCUT2D eigenvalue weighted by Gasteiger charge is 2.38. The summed E-state index contributed by atoms with van der Waals surface area (Å²) in [6.07, 6.45) is 0. The van der Waals surface area contributed by atoms with E-state index in [2.05, 4.69) is 46.7 Å². The van der Waals surface area contributed by atoms with Gasteiger partial charge in [0.05, 0.1) is 16.8 Å². The molecule has 12 heteroatoms. The van der Waals surface area contributed by atoms with Crippen LogP contribution in [0.5, 0.6) is 0 Å². The quantitative estimate of drug-likeness (QED) is 0.0937. The molecule has 0 saturated heterocycles. The fraction of sp³-hybridized carbons (Fsp3) is 0.100. The molecular weight excluding hydrogens is 589 g/mol. The average Bonchev–Trinajstić information content (AvgIpc) is 3.43. The number of thiazole rings is 1. The third kappa shape index (κ3) is 6.31. The molecule has 0 spiro atoms. The van der Waals surface area contributed by atoms with Gasteiger partial charge in [0.25, 0.3) is 10.0 Å². The van der Waals surface area contributed by atoms with Crippen molar-refractivity contribution in [1.29, 1.82) is 0 Å². The van der Waals surface area contributed by atoms with Crippen LogP contribution in [0.4, 0.5) is 5.69 Å². The Morgan fingerprint density at radius 1 is 0.929 bits per heavy atom. The van der Waals surface area contributed by atoms with Gasteiger partial charge < -0.3 is 16.0 Å². The van der Waals surface area contributed by atoms with Crippen LogP contribution in [-0.2, 0) is 19.6 Å². The molecule has 0 fully saturated rings. The molecular formula is C30H28N6O3S3. The minimum Gasteiger partial charge on any atom is -0.369 e. The molecule has 9 nitrogen and oxygen atoms in total. The van der Waals surface area contributed by atoms with Crippen molar-refractivity contribution in [2.24, 2.45) is 15.3 Å². The van der Waals surface area contributed by atoms with Crippen LogP contribution in [0.15, 0.2) is 118 Å². The molecule has 5 aromatic rings. The number of aromatic nitrogens is 1. The van der Waals surface area contributed by atoms with Crippen LogP contribution in [-0.4, -0.2) is 43.8 Å². The summed E-state index contributed by atoms with van der Waals surface area (Å²) < 4.78 is 27.7. The van der Waals surface area contributed by atoms with Gasteiger partial charge in [0.15, 0.2) is 0 Å². The SMILES string of the molecule is CN(CC(=O)Nc1ccc2nc(S(N)(=O)=O)sc2c1)/C(N)=N/SC(c1ccccc1)(c1ccccc1)c1ccccc1. The van der Waals surface area contributed by atoms with Crippen molar-refractivity contribution in [1.82, 2.24) is 9.88 Å². The molecule has 0 aliphatic rings. The molecule has 0 radical (unpaired) electrons. The summed E-state index contributed by atoms with van der Waals surface area (Å²) in [5.41, 5.74) is 10.5. The van der Waals surface area contributed by atoms with E-state index in [1.807, 2.05) is 54.6 Å². The van der Waals surface area contributed by atoms with Gasteiger partial charge in [-0.05, 0) is 46.8 Å². The van der Waals surface area contributed by atoms with Crippen molar-refractivity contribution in [3.8, 4) is 0 Å². The first-order chi connectivity index (χ1) is 20.2. The number of carbonyl (C=O) groups excluding carboxylic acids is 1. The summed E-state index contributed by atoms with van der Waals surface area (Å²) in [6, 6.07) is 35.3. The van der Waals surface area contributed by atoms with Crippen molar-refractivity contribution in [3.63, 3.8) is 0 Å². The lowest BCUT2D eigenvalue weighted by Crippen LogP contribution is -2.39. The molecule has 214 valence electrons. The Hall–Kier alpha value is -4.23. The van der Waals surface area contributed by atoms with Crippen LogP contribution in [0.25, 0.3) is 10.2 Å². The number of guanidine groups is 1. The predicted octanol–water partition coefficient (Wildman–Crippen LogP) is 4.77. The number of hydrogen-bond donors (Lipinski definition) is 3. The van der Waals surface area contributed by atoms with E-state index in [1.54, 1.807) is 30.1 Å². The topological polar surface area (TPSA) is 144 Å². The van der Waals surface area contributed by atoms with Crippen LogP contribution < -0.4 is 16.2 Å². The monoisotopic (exact) mass is 616 g/mol. The normalized spacial score (nSPS) is 12.3. The molecule has 4 aromatic carbocycles. The Kier molecular flexibility index (Phi) is 8.59. The van der Waals surface area contributed by atoms with Gasteiger partial charge in [0, 0.05) is 12.7 Å². The summed E-state index contributed by atoms with van der Waals surface area (Å²) in [4.78, 5) is 18.5. The maximum Gasteiger partial charge on any atom is 0.265 e. The van der Waals surface area contributed by atoms with Gasteiger partial charge in [-0.3, -0.25) is 4.79 Å².